The number of pyridine rings is 1. The highest BCUT2D eigenvalue weighted by molar-refractivity contribution is 5.58. The molecular weight excluding hydrogens is 212 g/mol. The molecular formula is C14H20N2O. The zero-order chi connectivity index (χ0) is 12.3. The number of rotatable bonds is 5. The van der Waals surface area contributed by atoms with Crippen molar-refractivity contribution in [3.8, 4) is 5.75 Å². The minimum atomic E-state index is 0.918. The van der Waals surface area contributed by atoms with Gasteiger partial charge in [-0.15, -0.1) is 0 Å². The van der Waals surface area contributed by atoms with E-state index in [1.165, 1.54) is 11.1 Å². The van der Waals surface area contributed by atoms with Crippen LogP contribution in [0.2, 0.25) is 0 Å². The Bertz CT molecular complexity index is 490. The van der Waals surface area contributed by atoms with Crippen LogP contribution >= 0.6 is 0 Å². The largest absolute Gasteiger partial charge is 0.497 e. The number of likely N-dealkylation sites (N-methyl/N-ethyl adjacent to an activating group) is 1. The molecule has 3 heteroatoms. The average Bonchev–Trinajstić information content (AvgIpc) is 2.78. The second-order valence-electron chi connectivity index (χ2n) is 4.35. The molecule has 0 atom stereocenters. The fourth-order valence-electron chi connectivity index (χ4n) is 1.94. The maximum atomic E-state index is 5.27. The van der Waals surface area contributed by atoms with Crippen LogP contribution in [0.3, 0.4) is 0 Å². The molecule has 3 nitrogen and oxygen atoms in total. The molecule has 0 aliphatic heterocycles. The van der Waals surface area contributed by atoms with Gasteiger partial charge in [0.05, 0.1) is 12.6 Å². The van der Waals surface area contributed by atoms with Crippen LogP contribution in [0.4, 0.5) is 0 Å². The third-order valence-corrected chi connectivity index (χ3v) is 3.26. The second-order valence-corrected chi connectivity index (χ2v) is 4.35. The monoisotopic (exact) mass is 232 g/mol. The lowest BCUT2D eigenvalue weighted by Gasteiger charge is -2.13. The Morgan fingerprint density at radius 1 is 1.29 bits per heavy atom. The summed E-state index contributed by atoms with van der Waals surface area (Å²) in [7, 11) is 3.86. The molecule has 0 aliphatic carbocycles. The molecule has 0 N–H and O–H groups in total. The van der Waals surface area contributed by atoms with E-state index < -0.39 is 0 Å². The van der Waals surface area contributed by atoms with Crippen LogP contribution in [-0.2, 0) is 6.42 Å². The van der Waals surface area contributed by atoms with E-state index in [2.05, 4.69) is 41.6 Å². The summed E-state index contributed by atoms with van der Waals surface area (Å²) in [6, 6.07) is 6.27. The zero-order valence-corrected chi connectivity index (χ0v) is 10.8. The van der Waals surface area contributed by atoms with Crippen LogP contribution in [0.15, 0.2) is 30.6 Å². The van der Waals surface area contributed by atoms with Gasteiger partial charge in [-0.25, -0.2) is 0 Å². The van der Waals surface area contributed by atoms with Gasteiger partial charge in [0, 0.05) is 25.0 Å². The number of methoxy groups -OCH3 is 1. The van der Waals surface area contributed by atoms with E-state index in [0.29, 0.717) is 0 Å². The van der Waals surface area contributed by atoms with E-state index in [4.69, 9.17) is 4.74 Å². The van der Waals surface area contributed by atoms with Crippen molar-refractivity contribution >= 4 is 5.52 Å². The molecule has 0 bridgehead atoms. The number of fused-ring (bicyclic) bond motifs is 1. The first-order chi connectivity index (χ1) is 8.24. The highest BCUT2D eigenvalue weighted by atomic mass is 16.5. The first-order valence-electron chi connectivity index (χ1n) is 6.06. The quantitative estimate of drug-likeness (QED) is 0.787. The molecule has 0 aliphatic rings. The van der Waals surface area contributed by atoms with Gasteiger partial charge in [-0.2, -0.15) is 0 Å². The molecule has 0 spiro atoms. The van der Waals surface area contributed by atoms with Crippen LogP contribution in [0.1, 0.15) is 12.5 Å². The number of hydrogen-bond acceptors (Lipinski definition) is 2. The third-order valence-electron chi connectivity index (χ3n) is 3.26. The minimum Gasteiger partial charge on any atom is -0.497 e. The third kappa shape index (κ3) is 2.61. The zero-order valence-electron chi connectivity index (χ0n) is 10.8. The lowest BCUT2D eigenvalue weighted by molar-refractivity contribution is 0.358. The first kappa shape index (κ1) is 12.0. The summed E-state index contributed by atoms with van der Waals surface area (Å²) < 4.78 is 7.41. The SMILES string of the molecule is CCN(C)CCc1ccn2ccc(OC)cc12. The Morgan fingerprint density at radius 2 is 2.06 bits per heavy atom. The standard InChI is InChI=1S/C14H20N2O/c1-4-15(2)8-5-12-6-9-16-10-7-13(17-3)11-14(12)16/h6-7,9-11H,4-5,8H2,1-3H3. The molecule has 92 valence electrons. The van der Waals surface area contributed by atoms with Crippen molar-refractivity contribution in [1.29, 1.82) is 0 Å². The molecule has 0 unspecified atom stereocenters. The Morgan fingerprint density at radius 3 is 2.76 bits per heavy atom. The number of aromatic nitrogens is 1. The molecule has 0 saturated carbocycles. The topological polar surface area (TPSA) is 16.9 Å². The van der Waals surface area contributed by atoms with Gasteiger partial charge < -0.3 is 14.0 Å². The lowest BCUT2D eigenvalue weighted by Crippen LogP contribution is -2.20. The van der Waals surface area contributed by atoms with Gasteiger partial charge in [0.15, 0.2) is 0 Å². The summed E-state index contributed by atoms with van der Waals surface area (Å²) in [6.07, 6.45) is 5.23. The van der Waals surface area contributed by atoms with Gasteiger partial charge in [-0.05, 0) is 37.7 Å². The van der Waals surface area contributed by atoms with Crippen molar-refractivity contribution in [2.24, 2.45) is 0 Å². The molecule has 2 aromatic heterocycles. The molecule has 0 fully saturated rings. The Balaban J connectivity index is 2.22. The highest BCUT2D eigenvalue weighted by Crippen LogP contribution is 2.19. The first-order valence-corrected chi connectivity index (χ1v) is 6.06. The van der Waals surface area contributed by atoms with E-state index >= 15 is 0 Å². The smallest absolute Gasteiger partial charge is 0.122 e. The normalized spacial score (nSPS) is 11.3. The van der Waals surface area contributed by atoms with Crippen LogP contribution < -0.4 is 4.74 Å². The van der Waals surface area contributed by atoms with Gasteiger partial charge in [0.25, 0.3) is 0 Å². The summed E-state index contributed by atoms with van der Waals surface area (Å²) in [6.45, 7) is 4.36. The predicted octanol–water partition coefficient (Wildman–Crippen LogP) is 2.44. The van der Waals surface area contributed by atoms with Crippen molar-refractivity contribution in [1.82, 2.24) is 9.30 Å². The Kier molecular flexibility index (Phi) is 3.69. The Hall–Kier alpha value is -1.48. The molecule has 2 rings (SSSR count). The summed E-state index contributed by atoms with van der Waals surface area (Å²) >= 11 is 0. The van der Waals surface area contributed by atoms with E-state index in [1.54, 1.807) is 7.11 Å². The van der Waals surface area contributed by atoms with Crippen molar-refractivity contribution in [2.75, 3.05) is 27.2 Å². The molecule has 0 radical (unpaired) electrons. The van der Waals surface area contributed by atoms with Crippen LogP contribution in [0.25, 0.3) is 5.52 Å². The van der Waals surface area contributed by atoms with Crippen molar-refractivity contribution in [3.05, 3.63) is 36.2 Å². The van der Waals surface area contributed by atoms with E-state index in [0.717, 1.165) is 25.3 Å². The lowest BCUT2D eigenvalue weighted by atomic mass is 10.2. The number of nitrogens with zero attached hydrogens (tertiary/aromatic N) is 2. The van der Waals surface area contributed by atoms with Gasteiger partial charge in [-0.3, -0.25) is 0 Å². The fraction of sp³-hybridized carbons (Fsp3) is 0.429. The maximum absolute atomic E-state index is 5.27. The van der Waals surface area contributed by atoms with Crippen molar-refractivity contribution in [2.45, 2.75) is 13.3 Å². The average molecular weight is 232 g/mol. The van der Waals surface area contributed by atoms with Gasteiger partial charge in [0.2, 0.25) is 0 Å². The van der Waals surface area contributed by atoms with Crippen LogP contribution in [0, 0.1) is 0 Å². The van der Waals surface area contributed by atoms with E-state index in [9.17, 15) is 0 Å². The van der Waals surface area contributed by atoms with Crippen molar-refractivity contribution in [3.63, 3.8) is 0 Å². The summed E-state index contributed by atoms with van der Waals surface area (Å²) in [4.78, 5) is 2.32. The molecule has 2 aromatic rings. The molecule has 0 aromatic carbocycles. The summed E-state index contributed by atoms with van der Waals surface area (Å²) in [5.41, 5.74) is 2.62. The number of hydrogen-bond donors (Lipinski definition) is 0. The van der Waals surface area contributed by atoms with E-state index in [1.807, 2.05) is 12.3 Å². The highest BCUT2D eigenvalue weighted by Gasteiger charge is 2.04. The summed E-state index contributed by atoms with van der Waals surface area (Å²) in [5.74, 6) is 0.918. The van der Waals surface area contributed by atoms with Crippen LogP contribution in [0.5, 0.6) is 5.75 Å². The van der Waals surface area contributed by atoms with Crippen molar-refractivity contribution < 1.29 is 4.74 Å². The molecule has 0 saturated heterocycles. The predicted molar refractivity (Wildman–Crippen MR) is 70.8 cm³/mol. The van der Waals surface area contributed by atoms with Gasteiger partial charge in [-0.1, -0.05) is 6.92 Å². The van der Waals surface area contributed by atoms with Crippen LogP contribution in [-0.4, -0.2) is 36.5 Å². The second kappa shape index (κ2) is 5.23. The fourth-order valence-corrected chi connectivity index (χ4v) is 1.94. The van der Waals surface area contributed by atoms with Gasteiger partial charge in [0.1, 0.15) is 5.75 Å². The van der Waals surface area contributed by atoms with E-state index in [-0.39, 0.29) is 0 Å². The van der Waals surface area contributed by atoms with Gasteiger partial charge >= 0.3 is 0 Å². The summed E-state index contributed by atoms with van der Waals surface area (Å²) in [5, 5.41) is 0. The molecule has 0 amide bonds. The maximum Gasteiger partial charge on any atom is 0.122 e. The minimum absolute atomic E-state index is 0.918. The molecule has 17 heavy (non-hydrogen) atoms. The number of ether oxygens (including phenoxy) is 1. The molecule has 2 heterocycles. The Labute approximate surface area is 103 Å².